The molecule has 0 radical (unpaired) electrons. The van der Waals surface area contributed by atoms with Gasteiger partial charge in [-0.15, -0.1) is 0 Å². The van der Waals surface area contributed by atoms with Crippen molar-refractivity contribution in [3.63, 3.8) is 0 Å². The number of hydrogen-bond donors (Lipinski definition) is 0. The first kappa shape index (κ1) is 9.71. The normalized spacial score (nSPS) is 12.0. The van der Waals surface area contributed by atoms with Gasteiger partial charge in [-0.2, -0.15) is 8.78 Å². The third kappa shape index (κ3) is 4.58. The molecule has 0 fully saturated rings. The maximum absolute atomic E-state index is 12.1. The largest absolute Gasteiger partial charge is 0.360 e. The summed E-state index contributed by atoms with van der Waals surface area (Å²) in [5.41, 5.74) is 0. The lowest BCUT2D eigenvalue weighted by molar-refractivity contribution is -0.276. The first-order valence-electron chi connectivity index (χ1n) is 2.69. The molecule has 5 heteroatoms. The van der Waals surface area contributed by atoms with E-state index in [4.69, 9.17) is 0 Å². The molecule has 0 saturated heterocycles. The Morgan fingerprint density at radius 2 is 2.00 bits per heavy atom. The van der Waals surface area contributed by atoms with Crippen LogP contribution in [0.4, 0.5) is 13.2 Å². The van der Waals surface area contributed by atoms with Gasteiger partial charge in [0.25, 0.3) is 0 Å². The van der Waals surface area contributed by atoms with E-state index in [1.54, 1.807) is 0 Å². The van der Waals surface area contributed by atoms with Crippen molar-refractivity contribution < 1.29 is 22.6 Å². The molecule has 10 heavy (non-hydrogen) atoms. The molecule has 0 bridgehead atoms. The Labute approximate surface area is 56.9 Å². The first-order valence-corrected chi connectivity index (χ1v) is 2.69. The van der Waals surface area contributed by atoms with Crippen LogP contribution >= 0.6 is 0 Å². The molecule has 62 valence electrons. The lowest BCUT2D eigenvalue weighted by Gasteiger charge is -2.13. The van der Waals surface area contributed by atoms with Gasteiger partial charge in [0.15, 0.2) is 6.79 Å². The lowest BCUT2D eigenvalue weighted by Crippen LogP contribution is -2.22. The summed E-state index contributed by atoms with van der Waals surface area (Å²) < 4.78 is 43.5. The summed E-state index contributed by atoms with van der Waals surface area (Å²) in [6.07, 6.45) is -4.32. The van der Waals surface area contributed by atoms with Gasteiger partial charge in [0.1, 0.15) is 0 Å². The van der Waals surface area contributed by atoms with Gasteiger partial charge in [-0.25, -0.2) is 0 Å². The molecular formula is C5H9F3O2. The maximum atomic E-state index is 12.1. The first-order chi connectivity index (χ1) is 4.62. The van der Waals surface area contributed by atoms with Crippen LogP contribution in [0.3, 0.4) is 0 Å². The van der Waals surface area contributed by atoms with Crippen LogP contribution in [0.1, 0.15) is 6.42 Å². The van der Waals surface area contributed by atoms with Crippen molar-refractivity contribution in [3.8, 4) is 0 Å². The van der Waals surface area contributed by atoms with E-state index >= 15 is 0 Å². The number of methoxy groups -OCH3 is 1. The second-order valence-electron chi connectivity index (χ2n) is 1.63. The van der Waals surface area contributed by atoms with Crippen molar-refractivity contribution in [2.75, 3.05) is 20.6 Å². The van der Waals surface area contributed by atoms with Crippen LogP contribution < -0.4 is 0 Å². The summed E-state index contributed by atoms with van der Waals surface area (Å²) in [7, 11) is 1.21. The molecule has 0 amide bonds. The molecule has 0 aromatic carbocycles. The number of ether oxygens (including phenoxy) is 2. The van der Waals surface area contributed by atoms with Gasteiger partial charge >= 0.3 is 6.11 Å². The Balaban J connectivity index is 3.42. The lowest BCUT2D eigenvalue weighted by atomic mass is 10.4. The standard InChI is InChI=1S/C5H9F3O2/c1-9-4-10-5(7,8)2-3-6/h2-4H2,1H3. The molecule has 0 aliphatic carbocycles. The van der Waals surface area contributed by atoms with Crippen molar-refractivity contribution in [2.45, 2.75) is 12.5 Å². The van der Waals surface area contributed by atoms with Crippen molar-refractivity contribution in [1.29, 1.82) is 0 Å². The average Bonchev–Trinajstić information content (AvgIpc) is 1.84. The zero-order chi connectivity index (χ0) is 8.04. The van der Waals surface area contributed by atoms with E-state index in [9.17, 15) is 13.2 Å². The van der Waals surface area contributed by atoms with Gasteiger partial charge in [-0.1, -0.05) is 0 Å². The van der Waals surface area contributed by atoms with Crippen LogP contribution in [-0.4, -0.2) is 26.7 Å². The number of alkyl halides is 3. The highest BCUT2D eigenvalue weighted by Crippen LogP contribution is 2.19. The van der Waals surface area contributed by atoms with Crippen LogP contribution in [0.25, 0.3) is 0 Å². The van der Waals surface area contributed by atoms with Crippen molar-refractivity contribution in [1.82, 2.24) is 0 Å². The molecule has 0 aromatic heterocycles. The van der Waals surface area contributed by atoms with Crippen LogP contribution in [0.5, 0.6) is 0 Å². The van der Waals surface area contributed by atoms with Crippen LogP contribution in [0.2, 0.25) is 0 Å². The van der Waals surface area contributed by atoms with Gasteiger partial charge in [0, 0.05) is 7.11 Å². The zero-order valence-corrected chi connectivity index (χ0v) is 5.57. The number of rotatable bonds is 5. The third-order valence-electron chi connectivity index (χ3n) is 0.773. The minimum Gasteiger partial charge on any atom is -0.358 e. The molecule has 0 aliphatic heterocycles. The molecule has 0 N–H and O–H groups in total. The van der Waals surface area contributed by atoms with Crippen molar-refractivity contribution in [3.05, 3.63) is 0 Å². The van der Waals surface area contributed by atoms with Gasteiger partial charge in [-0.05, 0) is 0 Å². The molecule has 0 saturated carbocycles. The predicted octanol–water partition coefficient (Wildman–Crippen LogP) is 1.56. The minimum atomic E-state index is -3.40. The topological polar surface area (TPSA) is 18.5 Å². The quantitative estimate of drug-likeness (QED) is 0.565. The average molecular weight is 158 g/mol. The molecular weight excluding hydrogens is 149 g/mol. The summed E-state index contributed by atoms with van der Waals surface area (Å²) in [5.74, 6) is 0. The molecule has 0 heterocycles. The van der Waals surface area contributed by atoms with E-state index in [1.807, 2.05) is 0 Å². The minimum absolute atomic E-state index is 0.521. The SMILES string of the molecule is COCOC(F)(F)CCF. The second-order valence-corrected chi connectivity index (χ2v) is 1.63. The Morgan fingerprint density at radius 3 is 2.40 bits per heavy atom. The van der Waals surface area contributed by atoms with Crippen LogP contribution in [-0.2, 0) is 9.47 Å². The summed E-state index contributed by atoms with van der Waals surface area (Å²) in [6, 6.07) is 0. The van der Waals surface area contributed by atoms with Gasteiger partial charge in [-0.3, -0.25) is 9.13 Å². The van der Waals surface area contributed by atoms with E-state index in [-0.39, 0.29) is 0 Å². The summed E-state index contributed by atoms with van der Waals surface area (Å²) in [6.45, 7) is -1.62. The molecule has 0 aliphatic rings. The van der Waals surface area contributed by atoms with Crippen LogP contribution in [0, 0.1) is 0 Å². The van der Waals surface area contributed by atoms with E-state index in [0.717, 1.165) is 0 Å². The monoisotopic (exact) mass is 158 g/mol. The predicted molar refractivity (Wildman–Crippen MR) is 28.5 cm³/mol. The highest BCUT2D eigenvalue weighted by Gasteiger charge is 2.29. The Bertz CT molecular complexity index is 87.0. The second kappa shape index (κ2) is 4.51. The Morgan fingerprint density at radius 1 is 1.40 bits per heavy atom. The summed E-state index contributed by atoms with van der Waals surface area (Å²) in [4.78, 5) is 0. The molecule has 0 spiro atoms. The van der Waals surface area contributed by atoms with E-state index < -0.39 is 26.0 Å². The van der Waals surface area contributed by atoms with E-state index in [2.05, 4.69) is 9.47 Å². The molecule has 0 unspecified atom stereocenters. The summed E-state index contributed by atoms with van der Waals surface area (Å²) in [5, 5.41) is 0. The van der Waals surface area contributed by atoms with Gasteiger partial charge < -0.3 is 4.74 Å². The van der Waals surface area contributed by atoms with Crippen molar-refractivity contribution >= 4 is 0 Å². The van der Waals surface area contributed by atoms with E-state index in [0.29, 0.717) is 0 Å². The number of halogens is 3. The van der Waals surface area contributed by atoms with Gasteiger partial charge in [0.05, 0.1) is 13.1 Å². The van der Waals surface area contributed by atoms with Gasteiger partial charge in [0.2, 0.25) is 0 Å². The highest BCUT2D eigenvalue weighted by atomic mass is 19.3. The molecule has 0 rings (SSSR count). The Hall–Kier alpha value is -0.290. The molecule has 2 nitrogen and oxygen atoms in total. The third-order valence-corrected chi connectivity index (χ3v) is 0.773. The van der Waals surface area contributed by atoms with Crippen molar-refractivity contribution in [2.24, 2.45) is 0 Å². The smallest absolute Gasteiger partial charge is 0.358 e. The Kier molecular flexibility index (Phi) is 4.38. The molecule has 0 aromatic rings. The van der Waals surface area contributed by atoms with E-state index in [1.165, 1.54) is 7.11 Å². The highest BCUT2D eigenvalue weighted by molar-refractivity contribution is 4.48. The van der Waals surface area contributed by atoms with Crippen LogP contribution in [0.15, 0.2) is 0 Å². The maximum Gasteiger partial charge on any atom is 0.360 e. The zero-order valence-electron chi connectivity index (χ0n) is 5.57. The summed E-state index contributed by atoms with van der Waals surface area (Å²) >= 11 is 0. The number of hydrogen-bond acceptors (Lipinski definition) is 2. The fraction of sp³-hybridized carbons (Fsp3) is 1.00. The fourth-order valence-electron chi connectivity index (χ4n) is 0.327. The molecule has 0 atom stereocenters. The fourth-order valence-corrected chi connectivity index (χ4v) is 0.327.